The van der Waals surface area contributed by atoms with Crippen LogP contribution in [-0.2, 0) is 19.5 Å². The highest BCUT2D eigenvalue weighted by Crippen LogP contribution is 2.37. The summed E-state index contributed by atoms with van der Waals surface area (Å²) in [6.45, 7) is 1.15. The van der Waals surface area contributed by atoms with Crippen molar-refractivity contribution < 1.29 is 32.2 Å². The van der Waals surface area contributed by atoms with Crippen molar-refractivity contribution in [2.24, 2.45) is 5.14 Å². The molecule has 2 aliphatic heterocycles. The summed E-state index contributed by atoms with van der Waals surface area (Å²) >= 11 is 0. The molecule has 0 atom stereocenters. The molecule has 0 amide bonds. The number of carbonyl (C=O) groups excluding carboxylic acids is 1. The van der Waals surface area contributed by atoms with Crippen LogP contribution < -0.4 is 14.6 Å². The lowest BCUT2D eigenvalue weighted by Crippen LogP contribution is -2.38. The average molecular weight is 315 g/mol. The van der Waals surface area contributed by atoms with Crippen LogP contribution in [0.25, 0.3) is 0 Å². The van der Waals surface area contributed by atoms with Crippen molar-refractivity contribution in [3.05, 3.63) is 17.7 Å². The first-order valence-electron chi connectivity index (χ1n) is 6.20. The van der Waals surface area contributed by atoms with Crippen LogP contribution in [0.4, 0.5) is 0 Å². The Balaban J connectivity index is 2.01. The number of fused-ring (bicyclic) bond motifs is 1. The van der Waals surface area contributed by atoms with Gasteiger partial charge in [-0.3, -0.25) is 0 Å². The number of benzene rings is 1. The zero-order valence-electron chi connectivity index (χ0n) is 10.9. The van der Waals surface area contributed by atoms with Crippen molar-refractivity contribution in [2.45, 2.75) is 11.0 Å². The summed E-state index contributed by atoms with van der Waals surface area (Å²) in [5.41, 5.74) is -0.0249. The zero-order valence-corrected chi connectivity index (χ0v) is 11.7. The van der Waals surface area contributed by atoms with Gasteiger partial charge in [0.05, 0.1) is 18.1 Å². The molecule has 0 radical (unpaired) electrons. The normalized spacial score (nSPS) is 18.0. The monoisotopic (exact) mass is 315 g/mol. The molecule has 3 rings (SSSR count). The highest BCUT2D eigenvalue weighted by molar-refractivity contribution is 7.89. The Bertz CT molecular complexity index is 681. The number of rotatable bonds is 3. The van der Waals surface area contributed by atoms with Gasteiger partial charge in [-0.25, -0.2) is 18.4 Å². The van der Waals surface area contributed by atoms with E-state index in [0.717, 1.165) is 6.07 Å². The number of carbonyl (C=O) groups is 1. The second kappa shape index (κ2) is 5.17. The molecule has 0 saturated carbocycles. The molecule has 1 saturated heterocycles. The van der Waals surface area contributed by atoms with Crippen molar-refractivity contribution in [1.29, 1.82) is 0 Å². The first-order valence-corrected chi connectivity index (χ1v) is 7.75. The van der Waals surface area contributed by atoms with E-state index >= 15 is 0 Å². The highest BCUT2D eigenvalue weighted by Gasteiger charge is 2.29. The molecule has 0 aliphatic carbocycles. The van der Waals surface area contributed by atoms with Gasteiger partial charge in [-0.1, -0.05) is 0 Å². The first kappa shape index (κ1) is 14.1. The molecule has 21 heavy (non-hydrogen) atoms. The van der Waals surface area contributed by atoms with E-state index < -0.39 is 16.0 Å². The molecule has 114 valence electrons. The summed E-state index contributed by atoms with van der Waals surface area (Å²) in [6, 6.07) is 2.36. The Morgan fingerprint density at radius 3 is 2.57 bits per heavy atom. The Kier molecular flexibility index (Phi) is 3.47. The molecule has 2 N–H and O–H groups in total. The second-order valence-electron chi connectivity index (χ2n) is 4.60. The molecule has 0 spiro atoms. The Labute approximate surface area is 120 Å². The lowest BCUT2D eigenvalue weighted by Gasteiger charge is -2.27. The van der Waals surface area contributed by atoms with Gasteiger partial charge in [0, 0.05) is 6.07 Å². The van der Waals surface area contributed by atoms with Gasteiger partial charge in [-0.2, -0.15) is 0 Å². The molecule has 9 heteroatoms. The highest BCUT2D eigenvalue weighted by atomic mass is 32.2. The quantitative estimate of drug-likeness (QED) is 0.759. The number of primary sulfonamides is 1. The van der Waals surface area contributed by atoms with Crippen LogP contribution in [0.5, 0.6) is 11.5 Å². The molecule has 0 unspecified atom stereocenters. The summed E-state index contributed by atoms with van der Waals surface area (Å²) in [4.78, 5) is 11.9. The van der Waals surface area contributed by atoms with Crippen LogP contribution in [0.2, 0.25) is 0 Å². The van der Waals surface area contributed by atoms with Gasteiger partial charge < -0.3 is 18.9 Å². The molecular formula is C12H13NO7S. The zero-order chi connectivity index (χ0) is 15.0. The van der Waals surface area contributed by atoms with E-state index in [2.05, 4.69) is 0 Å². The maximum absolute atomic E-state index is 12.2. The Morgan fingerprint density at radius 1 is 1.24 bits per heavy atom. The van der Waals surface area contributed by atoms with E-state index in [-0.39, 0.29) is 41.3 Å². The summed E-state index contributed by atoms with van der Waals surface area (Å²) in [5, 5.41) is 5.10. The van der Waals surface area contributed by atoms with Crippen LogP contribution in [0.15, 0.2) is 17.0 Å². The van der Waals surface area contributed by atoms with Gasteiger partial charge in [0.25, 0.3) is 0 Å². The lowest BCUT2D eigenvalue weighted by atomic mass is 10.1. The van der Waals surface area contributed by atoms with E-state index in [1.807, 2.05) is 0 Å². The predicted octanol–water partition coefficient (Wildman–Crippen LogP) is -0.339. The van der Waals surface area contributed by atoms with E-state index in [4.69, 9.17) is 24.1 Å². The van der Waals surface area contributed by atoms with Crippen molar-refractivity contribution in [3.63, 3.8) is 0 Å². The van der Waals surface area contributed by atoms with Crippen LogP contribution >= 0.6 is 0 Å². The minimum atomic E-state index is -3.98. The van der Waals surface area contributed by atoms with Crippen LogP contribution in [0, 0.1) is 0 Å². The molecule has 2 heterocycles. The summed E-state index contributed by atoms with van der Waals surface area (Å²) in [5.74, 6) is -0.376. The molecule has 0 aromatic heterocycles. The average Bonchev–Trinajstić information content (AvgIpc) is 2.40. The molecule has 1 aromatic rings. The first-order chi connectivity index (χ1) is 9.95. The van der Waals surface area contributed by atoms with Gasteiger partial charge in [0.1, 0.15) is 24.9 Å². The third-order valence-corrected chi connectivity index (χ3v) is 3.94. The number of hydrogen-bond donors (Lipinski definition) is 1. The molecule has 2 aliphatic rings. The predicted molar refractivity (Wildman–Crippen MR) is 68.8 cm³/mol. The number of sulfonamides is 1. The van der Waals surface area contributed by atoms with E-state index in [0.29, 0.717) is 13.2 Å². The molecule has 1 fully saturated rings. The maximum atomic E-state index is 12.2. The molecule has 8 nitrogen and oxygen atoms in total. The van der Waals surface area contributed by atoms with E-state index in [9.17, 15) is 13.2 Å². The molecular weight excluding hydrogens is 302 g/mol. The van der Waals surface area contributed by atoms with E-state index in [1.54, 1.807) is 0 Å². The maximum Gasteiger partial charge on any atom is 0.342 e. The fourth-order valence-electron chi connectivity index (χ4n) is 1.94. The summed E-state index contributed by atoms with van der Waals surface area (Å²) in [7, 11) is -3.98. The Hall–Kier alpha value is -1.84. The standard InChI is InChI=1S/C12H13NO7S/c13-21(15,16)8-3-9(12(14)20-7-5-17-6-7)11-10(4-8)18-1-2-19-11/h3-4,7H,1-2,5-6H2,(H2,13,15,16). The van der Waals surface area contributed by atoms with Crippen LogP contribution in [-0.4, -0.2) is 46.9 Å². The number of nitrogens with two attached hydrogens (primary N) is 1. The smallest absolute Gasteiger partial charge is 0.342 e. The SMILES string of the molecule is NS(=O)(=O)c1cc2c(c(C(=O)OC3COC3)c1)OCCO2. The largest absolute Gasteiger partial charge is 0.486 e. The lowest BCUT2D eigenvalue weighted by molar-refractivity contribution is -0.103. The van der Waals surface area contributed by atoms with Gasteiger partial charge >= 0.3 is 5.97 Å². The van der Waals surface area contributed by atoms with Crippen molar-refractivity contribution in [1.82, 2.24) is 0 Å². The van der Waals surface area contributed by atoms with Crippen molar-refractivity contribution in [2.75, 3.05) is 26.4 Å². The van der Waals surface area contributed by atoms with Gasteiger partial charge in [-0.05, 0) is 6.07 Å². The van der Waals surface area contributed by atoms with Crippen LogP contribution in [0.3, 0.4) is 0 Å². The number of ether oxygens (including phenoxy) is 4. The van der Waals surface area contributed by atoms with Gasteiger partial charge in [0.2, 0.25) is 10.0 Å². The minimum Gasteiger partial charge on any atom is -0.486 e. The molecule has 1 aromatic carbocycles. The number of hydrogen-bond acceptors (Lipinski definition) is 7. The fourth-order valence-corrected chi connectivity index (χ4v) is 2.49. The minimum absolute atomic E-state index is 0.0249. The summed E-state index contributed by atoms with van der Waals surface area (Å²) in [6.07, 6.45) is -0.337. The third-order valence-electron chi connectivity index (χ3n) is 3.05. The third kappa shape index (κ3) is 2.80. The fraction of sp³-hybridized carbons (Fsp3) is 0.417. The number of esters is 1. The van der Waals surface area contributed by atoms with E-state index in [1.165, 1.54) is 6.07 Å². The van der Waals surface area contributed by atoms with Gasteiger partial charge in [0.15, 0.2) is 11.5 Å². The van der Waals surface area contributed by atoms with Crippen molar-refractivity contribution in [3.8, 4) is 11.5 Å². The van der Waals surface area contributed by atoms with Crippen molar-refractivity contribution >= 4 is 16.0 Å². The topological polar surface area (TPSA) is 114 Å². The Morgan fingerprint density at radius 2 is 1.95 bits per heavy atom. The second-order valence-corrected chi connectivity index (χ2v) is 6.17. The summed E-state index contributed by atoms with van der Waals surface area (Å²) < 4.78 is 43.8. The van der Waals surface area contributed by atoms with Crippen LogP contribution in [0.1, 0.15) is 10.4 Å². The van der Waals surface area contributed by atoms with Gasteiger partial charge in [-0.15, -0.1) is 0 Å². The molecule has 0 bridgehead atoms.